The van der Waals surface area contributed by atoms with Gasteiger partial charge in [-0.25, -0.2) is 0 Å². The highest BCUT2D eigenvalue weighted by Crippen LogP contribution is 2.34. The van der Waals surface area contributed by atoms with Gasteiger partial charge in [0.2, 0.25) is 0 Å². The third-order valence-corrected chi connectivity index (χ3v) is 3.73. The SMILES string of the molecule is COc1cc(NC=C2C(=O)Nc3ccc(Cl)cc32)cc(OC)c1. The molecule has 0 saturated carbocycles. The van der Waals surface area contributed by atoms with Gasteiger partial charge in [-0.05, 0) is 18.2 Å². The third-order valence-electron chi connectivity index (χ3n) is 3.50. The first-order valence-electron chi connectivity index (χ1n) is 6.92. The Hall–Kier alpha value is -2.66. The van der Waals surface area contributed by atoms with Crippen LogP contribution in [0.15, 0.2) is 42.6 Å². The van der Waals surface area contributed by atoms with Crippen molar-refractivity contribution in [3.63, 3.8) is 0 Å². The predicted molar refractivity (Wildman–Crippen MR) is 91.2 cm³/mol. The van der Waals surface area contributed by atoms with Crippen LogP contribution in [0.5, 0.6) is 11.5 Å². The lowest BCUT2D eigenvalue weighted by atomic mass is 10.1. The molecule has 0 unspecified atom stereocenters. The Kier molecular flexibility index (Phi) is 4.12. The number of hydrogen-bond donors (Lipinski definition) is 2. The number of methoxy groups -OCH3 is 2. The first-order chi connectivity index (χ1) is 11.1. The molecule has 1 amide bonds. The van der Waals surface area contributed by atoms with Crippen molar-refractivity contribution in [2.24, 2.45) is 0 Å². The van der Waals surface area contributed by atoms with Crippen LogP contribution in [0.1, 0.15) is 5.56 Å². The maximum absolute atomic E-state index is 12.1. The van der Waals surface area contributed by atoms with Crippen molar-refractivity contribution in [1.29, 1.82) is 0 Å². The molecular weight excluding hydrogens is 316 g/mol. The zero-order valence-electron chi connectivity index (χ0n) is 12.6. The van der Waals surface area contributed by atoms with Crippen molar-refractivity contribution in [1.82, 2.24) is 0 Å². The highest BCUT2D eigenvalue weighted by atomic mass is 35.5. The first-order valence-corrected chi connectivity index (χ1v) is 7.29. The fourth-order valence-electron chi connectivity index (χ4n) is 2.35. The summed E-state index contributed by atoms with van der Waals surface area (Å²) in [6, 6.07) is 10.7. The number of carbonyl (C=O) groups is 1. The lowest BCUT2D eigenvalue weighted by molar-refractivity contribution is -0.110. The average molecular weight is 331 g/mol. The van der Waals surface area contributed by atoms with E-state index in [9.17, 15) is 4.79 Å². The molecule has 118 valence electrons. The minimum absolute atomic E-state index is 0.176. The van der Waals surface area contributed by atoms with Crippen molar-refractivity contribution in [3.05, 3.63) is 53.2 Å². The molecule has 0 radical (unpaired) electrons. The van der Waals surface area contributed by atoms with E-state index >= 15 is 0 Å². The van der Waals surface area contributed by atoms with Crippen LogP contribution in [0.2, 0.25) is 5.02 Å². The molecule has 2 aromatic rings. The largest absolute Gasteiger partial charge is 0.497 e. The molecule has 0 fully saturated rings. The fraction of sp³-hybridized carbons (Fsp3) is 0.118. The van der Waals surface area contributed by atoms with Gasteiger partial charge in [0, 0.05) is 46.4 Å². The van der Waals surface area contributed by atoms with Gasteiger partial charge in [0.05, 0.1) is 19.8 Å². The molecule has 1 aliphatic heterocycles. The van der Waals surface area contributed by atoms with Crippen molar-refractivity contribution in [2.75, 3.05) is 24.9 Å². The average Bonchev–Trinajstić information content (AvgIpc) is 2.87. The van der Waals surface area contributed by atoms with Gasteiger partial charge in [0.1, 0.15) is 11.5 Å². The summed E-state index contributed by atoms with van der Waals surface area (Å²) in [5, 5.41) is 6.48. The number of amides is 1. The molecule has 2 N–H and O–H groups in total. The van der Waals surface area contributed by atoms with Crippen LogP contribution in [0.25, 0.3) is 5.57 Å². The molecule has 23 heavy (non-hydrogen) atoms. The maximum Gasteiger partial charge on any atom is 0.257 e. The third kappa shape index (κ3) is 3.10. The van der Waals surface area contributed by atoms with Crippen LogP contribution in [0.4, 0.5) is 11.4 Å². The van der Waals surface area contributed by atoms with E-state index in [1.54, 1.807) is 44.7 Å². The Balaban J connectivity index is 1.92. The van der Waals surface area contributed by atoms with E-state index in [1.807, 2.05) is 12.1 Å². The second-order valence-corrected chi connectivity index (χ2v) is 5.38. The van der Waals surface area contributed by atoms with Gasteiger partial charge < -0.3 is 20.1 Å². The van der Waals surface area contributed by atoms with Gasteiger partial charge in [-0.2, -0.15) is 0 Å². The van der Waals surface area contributed by atoms with Gasteiger partial charge in [-0.3, -0.25) is 4.79 Å². The molecule has 5 nitrogen and oxygen atoms in total. The molecule has 0 aliphatic carbocycles. The monoisotopic (exact) mass is 330 g/mol. The number of carbonyl (C=O) groups excluding carboxylic acids is 1. The summed E-state index contributed by atoms with van der Waals surface area (Å²) in [5.41, 5.74) is 2.78. The minimum Gasteiger partial charge on any atom is -0.497 e. The molecule has 1 aliphatic rings. The van der Waals surface area contributed by atoms with E-state index in [0.717, 1.165) is 16.9 Å². The highest BCUT2D eigenvalue weighted by molar-refractivity contribution is 6.34. The van der Waals surface area contributed by atoms with E-state index < -0.39 is 0 Å². The Labute approximate surface area is 138 Å². The van der Waals surface area contributed by atoms with Crippen LogP contribution >= 0.6 is 11.6 Å². The standard InChI is InChI=1S/C17H15ClN2O3/c1-22-12-6-11(7-13(8-12)23-2)19-9-15-14-5-10(18)3-4-16(14)20-17(15)21/h3-9,19H,1-2H3,(H,20,21). The van der Waals surface area contributed by atoms with Crippen molar-refractivity contribution < 1.29 is 14.3 Å². The Morgan fingerprint density at radius 2 is 1.78 bits per heavy atom. The van der Waals surface area contributed by atoms with E-state index in [0.29, 0.717) is 22.1 Å². The van der Waals surface area contributed by atoms with E-state index in [-0.39, 0.29) is 5.91 Å². The molecule has 3 rings (SSSR count). The summed E-state index contributed by atoms with van der Waals surface area (Å²) in [6.45, 7) is 0. The molecule has 0 spiro atoms. The van der Waals surface area contributed by atoms with Crippen LogP contribution in [0, 0.1) is 0 Å². The molecule has 1 heterocycles. The summed E-state index contributed by atoms with van der Waals surface area (Å²) in [4.78, 5) is 12.1. The molecule has 6 heteroatoms. The number of hydrogen-bond acceptors (Lipinski definition) is 4. The minimum atomic E-state index is -0.176. The number of fused-ring (bicyclic) bond motifs is 1. The topological polar surface area (TPSA) is 59.6 Å². The number of benzene rings is 2. The van der Waals surface area contributed by atoms with Crippen LogP contribution < -0.4 is 20.1 Å². The lowest BCUT2D eigenvalue weighted by Gasteiger charge is -2.08. The zero-order chi connectivity index (χ0) is 16.4. The summed E-state index contributed by atoms with van der Waals surface area (Å²) in [7, 11) is 3.17. The summed E-state index contributed by atoms with van der Waals surface area (Å²) in [5.74, 6) is 1.14. The number of rotatable bonds is 4. The van der Waals surface area contributed by atoms with Crippen molar-refractivity contribution >= 4 is 34.5 Å². The zero-order valence-corrected chi connectivity index (χ0v) is 13.4. The molecule has 0 bridgehead atoms. The fourth-order valence-corrected chi connectivity index (χ4v) is 2.52. The second kappa shape index (κ2) is 6.22. The van der Waals surface area contributed by atoms with E-state index in [2.05, 4.69) is 10.6 Å². The molecule has 0 saturated heterocycles. The first kappa shape index (κ1) is 15.2. The number of nitrogens with one attached hydrogen (secondary N) is 2. The summed E-state index contributed by atoms with van der Waals surface area (Å²) in [6.07, 6.45) is 1.64. The summed E-state index contributed by atoms with van der Waals surface area (Å²) >= 11 is 6.01. The van der Waals surface area contributed by atoms with Crippen molar-refractivity contribution in [2.45, 2.75) is 0 Å². The smallest absolute Gasteiger partial charge is 0.257 e. The Bertz CT molecular complexity index is 780. The van der Waals surface area contributed by atoms with Gasteiger partial charge in [0.15, 0.2) is 0 Å². The molecular formula is C17H15ClN2O3. The Morgan fingerprint density at radius 1 is 1.09 bits per heavy atom. The van der Waals surface area contributed by atoms with Gasteiger partial charge in [-0.15, -0.1) is 0 Å². The van der Waals surface area contributed by atoms with Crippen LogP contribution in [0.3, 0.4) is 0 Å². The number of anilines is 2. The van der Waals surface area contributed by atoms with Crippen LogP contribution in [-0.2, 0) is 4.79 Å². The van der Waals surface area contributed by atoms with Crippen molar-refractivity contribution in [3.8, 4) is 11.5 Å². The predicted octanol–water partition coefficient (Wildman–Crippen LogP) is 3.76. The van der Waals surface area contributed by atoms with E-state index in [1.165, 1.54) is 0 Å². The molecule has 0 aromatic heterocycles. The lowest BCUT2D eigenvalue weighted by Crippen LogP contribution is -2.05. The van der Waals surface area contributed by atoms with E-state index in [4.69, 9.17) is 21.1 Å². The highest BCUT2D eigenvalue weighted by Gasteiger charge is 2.24. The summed E-state index contributed by atoms with van der Waals surface area (Å²) < 4.78 is 10.4. The Morgan fingerprint density at radius 3 is 2.43 bits per heavy atom. The van der Waals surface area contributed by atoms with Gasteiger partial charge in [0.25, 0.3) is 5.91 Å². The quantitative estimate of drug-likeness (QED) is 0.838. The second-order valence-electron chi connectivity index (χ2n) is 4.95. The van der Waals surface area contributed by atoms with Gasteiger partial charge in [-0.1, -0.05) is 11.6 Å². The van der Waals surface area contributed by atoms with Gasteiger partial charge >= 0.3 is 0 Å². The number of halogens is 1. The normalized spacial score (nSPS) is 14.4. The molecule has 2 aromatic carbocycles. The maximum atomic E-state index is 12.1. The van der Waals surface area contributed by atoms with Crippen LogP contribution in [-0.4, -0.2) is 20.1 Å². The molecule has 0 atom stereocenters. The number of ether oxygens (including phenoxy) is 2.